The highest BCUT2D eigenvalue weighted by molar-refractivity contribution is 5.76. The molecule has 0 amide bonds. The standard InChI is InChI=1S/C15H27NO2/c1-6-18-15(17)14(16-10(2)3)13-8-11(4)7-12(5)9-13/h7,10-11,13-14,16H,6,8-9H2,1-5H3. The van der Waals surface area contributed by atoms with Gasteiger partial charge in [0.05, 0.1) is 6.61 Å². The average Bonchev–Trinajstić information content (AvgIpc) is 2.24. The van der Waals surface area contributed by atoms with E-state index in [1.165, 1.54) is 5.57 Å². The minimum absolute atomic E-state index is 0.0990. The van der Waals surface area contributed by atoms with E-state index in [4.69, 9.17) is 4.74 Å². The summed E-state index contributed by atoms with van der Waals surface area (Å²) in [6, 6.07) is 0.122. The van der Waals surface area contributed by atoms with Crippen LogP contribution in [0.2, 0.25) is 0 Å². The fourth-order valence-electron chi connectivity index (χ4n) is 2.84. The molecule has 0 radical (unpaired) electrons. The molecule has 0 heterocycles. The fraction of sp³-hybridized carbons (Fsp3) is 0.800. The van der Waals surface area contributed by atoms with Gasteiger partial charge in [-0.15, -0.1) is 0 Å². The van der Waals surface area contributed by atoms with Crippen LogP contribution in [0.5, 0.6) is 0 Å². The first-order valence-corrected chi connectivity index (χ1v) is 7.04. The molecular weight excluding hydrogens is 226 g/mol. The molecule has 1 aliphatic carbocycles. The van der Waals surface area contributed by atoms with Crippen LogP contribution in [0.25, 0.3) is 0 Å². The molecule has 0 bridgehead atoms. The van der Waals surface area contributed by atoms with E-state index in [0.29, 0.717) is 24.5 Å². The van der Waals surface area contributed by atoms with Crippen LogP contribution in [-0.2, 0) is 9.53 Å². The van der Waals surface area contributed by atoms with Crippen molar-refractivity contribution in [2.45, 2.75) is 59.5 Å². The Kier molecular flexibility index (Phi) is 5.86. The lowest BCUT2D eigenvalue weighted by atomic mass is 9.79. The number of ether oxygens (including phenoxy) is 1. The van der Waals surface area contributed by atoms with Gasteiger partial charge in [0, 0.05) is 6.04 Å². The minimum atomic E-state index is -0.170. The summed E-state index contributed by atoms with van der Waals surface area (Å²) >= 11 is 0. The van der Waals surface area contributed by atoms with Crippen LogP contribution in [0.3, 0.4) is 0 Å². The van der Waals surface area contributed by atoms with Crippen molar-refractivity contribution in [2.75, 3.05) is 6.61 Å². The summed E-state index contributed by atoms with van der Waals surface area (Å²) in [6.07, 6.45) is 4.36. The first-order chi connectivity index (χ1) is 8.43. The molecule has 0 aliphatic heterocycles. The fourth-order valence-corrected chi connectivity index (χ4v) is 2.84. The van der Waals surface area contributed by atoms with Crippen molar-refractivity contribution in [3.8, 4) is 0 Å². The van der Waals surface area contributed by atoms with Crippen molar-refractivity contribution in [1.29, 1.82) is 0 Å². The van der Waals surface area contributed by atoms with Crippen molar-refractivity contribution >= 4 is 5.97 Å². The number of carbonyl (C=O) groups is 1. The number of esters is 1. The van der Waals surface area contributed by atoms with E-state index in [1.54, 1.807) is 0 Å². The van der Waals surface area contributed by atoms with E-state index < -0.39 is 0 Å². The van der Waals surface area contributed by atoms with Crippen molar-refractivity contribution in [2.24, 2.45) is 11.8 Å². The summed E-state index contributed by atoms with van der Waals surface area (Å²) in [5.74, 6) is 0.805. The maximum absolute atomic E-state index is 12.1. The first-order valence-electron chi connectivity index (χ1n) is 7.04. The van der Waals surface area contributed by atoms with Gasteiger partial charge in [-0.3, -0.25) is 4.79 Å². The van der Waals surface area contributed by atoms with Crippen LogP contribution in [0, 0.1) is 11.8 Å². The van der Waals surface area contributed by atoms with E-state index >= 15 is 0 Å². The molecule has 3 heteroatoms. The maximum Gasteiger partial charge on any atom is 0.323 e. The van der Waals surface area contributed by atoms with E-state index in [0.717, 1.165) is 12.8 Å². The van der Waals surface area contributed by atoms with E-state index in [-0.39, 0.29) is 12.0 Å². The maximum atomic E-state index is 12.1. The van der Waals surface area contributed by atoms with Crippen molar-refractivity contribution in [3.63, 3.8) is 0 Å². The van der Waals surface area contributed by atoms with Gasteiger partial charge in [-0.2, -0.15) is 0 Å². The summed E-state index contributed by atoms with van der Waals surface area (Å²) < 4.78 is 5.21. The van der Waals surface area contributed by atoms with Crippen LogP contribution < -0.4 is 5.32 Å². The zero-order valence-corrected chi connectivity index (χ0v) is 12.3. The molecule has 3 nitrogen and oxygen atoms in total. The molecule has 3 atom stereocenters. The van der Waals surface area contributed by atoms with Gasteiger partial charge in [-0.25, -0.2) is 0 Å². The summed E-state index contributed by atoms with van der Waals surface area (Å²) in [6.45, 7) is 10.8. The topological polar surface area (TPSA) is 38.3 Å². The molecule has 1 rings (SSSR count). The van der Waals surface area contributed by atoms with Gasteiger partial charge < -0.3 is 10.1 Å². The van der Waals surface area contributed by atoms with Crippen molar-refractivity contribution in [1.82, 2.24) is 5.32 Å². The molecule has 104 valence electrons. The predicted octanol–water partition coefficient (Wildman–Crippen LogP) is 2.91. The zero-order chi connectivity index (χ0) is 13.7. The van der Waals surface area contributed by atoms with Gasteiger partial charge in [0.2, 0.25) is 0 Å². The molecule has 0 fully saturated rings. The lowest BCUT2D eigenvalue weighted by Gasteiger charge is -2.32. The Bertz CT molecular complexity index is 310. The summed E-state index contributed by atoms with van der Waals surface area (Å²) in [5.41, 5.74) is 1.39. The molecule has 0 aromatic rings. The SMILES string of the molecule is CCOC(=O)C(NC(C)C)C1CC(C)=CC(C)C1. The van der Waals surface area contributed by atoms with E-state index in [1.807, 2.05) is 6.92 Å². The lowest BCUT2D eigenvalue weighted by molar-refractivity contribution is -0.147. The Morgan fingerprint density at radius 3 is 2.72 bits per heavy atom. The molecular formula is C15H27NO2. The van der Waals surface area contributed by atoms with Gasteiger partial charge in [-0.1, -0.05) is 32.4 Å². The molecule has 3 unspecified atom stereocenters. The normalized spacial score (nSPS) is 25.8. The minimum Gasteiger partial charge on any atom is -0.465 e. The second-order valence-electron chi connectivity index (χ2n) is 5.74. The van der Waals surface area contributed by atoms with Crippen molar-refractivity contribution < 1.29 is 9.53 Å². The van der Waals surface area contributed by atoms with Gasteiger partial charge in [0.15, 0.2) is 0 Å². The number of rotatable bonds is 5. The Morgan fingerprint density at radius 1 is 1.56 bits per heavy atom. The number of hydrogen-bond acceptors (Lipinski definition) is 3. The molecule has 0 aromatic heterocycles. The van der Waals surface area contributed by atoms with Gasteiger partial charge >= 0.3 is 5.97 Å². The lowest BCUT2D eigenvalue weighted by Crippen LogP contribution is -2.48. The molecule has 0 spiro atoms. The number of hydrogen-bond donors (Lipinski definition) is 1. The third-order valence-electron chi connectivity index (χ3n) is 3.35. The Balaban J connectivity index is 2.76. The van der Waals surface area contributed by atoms with Gasteiger partial charge in [0.25, 0.3) is 0 Å². The van der Waals surface area contributed by atoms with Crippen LogP contribution >= 0.6 is 0 Å². The summed E-state index contributed by atoms with van der Waals surface area (Å²) in [5, 5.41) is 3.37. The molecule has 0 saturated carbocycles. The Morgan fingerprint density at radius 2 is 2.22 bits per heavy atom. The number of allylic oxidation sites excluding steroid dienone is 2. The third kappa shape index (κ3) is 4.45. The Labute approximate surface area is 111 Å². The molecule has 1 N–H and O–H groups in total. The molecule has 0 saturated heterocycles. The smallest absolute Gasteiger partial charge is 0.323 e. The quantitative estimate of drug-likeness (QED) is 0.605. The van der Waals surface area contributed by atoms with E-state index in [9.17, 15) is 4.79 Å². The number of nitrogens with one attached hydrogen (secondary N) is 1. The van der Waals surface area contributed by atoms with Gasteiger partial charge in [-0.05, 0) is 38.5 Å². The average molecular weight is 253 g/mol. The number of carbonyl (C=O) groups excluding carboxylic acids is 1. The summed E-state index contributed by atoms with van der Waals surface area (Å²) in [7, 11) is 0. The van der Waals surface area contributed by atoms with Crippen LogP contribution in [0.1, 0.15) is 47.5 Å². The Hall–Kier alpha value is -0.830. The molecule has 1 aliphatic rings. The molecule has 18 heavy (non-hydrogen) atoms. The largest absolute Gasteiger partial charge is 0.465 e. The van der Waals surface area contributed by atoms with Crippen LogP contribution in [0.4, 0.5) is 0 Å². The van der Waals surface area contributed by atoms with Crippen LogP contribution in [-0.4, -0.2) is 24.7 Å². The predicted molar refractivity (Wildman–Crippen MR) is 74.3 cm³/mol. The zero-order valence-electron chi connectivity index (χ0n) is 12.3. The highest BCUT2D eigenvalue weighted by Crippen LogP contribution is 2.30. The van der Waals surface area contributed by atoms with Gasteiger partial charge in [0.1, 0.15) is 6.04 Å². The third-order valence-corrected chi connectivity index (χ3v) is 3.35. The van der Waals surface area contributed by atoms with E-state index in [2.05, 4.69) is 39.1 Å². The highest BCUT2D eigenvalue weighted by Gasteiger charge is 2.32. The first kappa shape index (κ1) is 15.2. The van der Waals surface area contributed by atoms with Crippen molar-refractivity contribution in [3.05, 3.63) is 11.6 Å². The second kappa shape index (κ2) is 6.93. The molecule has 0 aromatic carbocycles. The highest BCUT2D eigenvalue weighted by atomic mass is 16.5. The summed E-state index contributed by atoms with van der Waals surface area (Å²) in [4.78, 5) is 12.1. The monoisotopic (exact) mass is 253 g/mol. The second-order valence-corrected chi connectivity index (χ2v) is 5.74. The van der Waals surface area contributed by atoms with Crippen LogP contribution in [0.15, 0.2) is 11.6 Å².